The summed E-state index contributed by atoms with van der Waals surface area (Å²) in [6.45, 7) is 4.87. The number of carbonyl (C=O) groups is 1. The maximum atomic E-state index is 12.4. The van der Waals surface area contributed by atoms with E-state index in [1.165, 1.54) is 0 Å². The van der Waals surface area contributed by atoms with Crippen molar-refractivity contribution in [3.63, 3.8) is 0 Å². The van der Waals surface area contributed by atoms with E-state index in [0.29, 0.717) is 30.4 Å². The van der Waals surface area contributed by atoms with Crippen molar-refractivity contribution in [2.75, 3.05) is 26.2 Å². The van der Waals surface area contributed by atoms with Crippen LogP contribution in [0.5, 0.6) is 0 Å². The number of amides is 1. The molecule has 1 aliphatic heterocycles. The van der Waals surface area contributed by atoms with Gasteiger partial charge < -0.3 is 14.6 Å². The van der Waals surface area contributed by atoms with Gasteiger partial charge in [0.15, 0.2) is 0 Å². The first-order valence-electron chi connectivity index (χ1n) is 6.78. The van der Waals surface area contributed by atoms with Gasteiger partial charge in [0.1, 0.15) is 0 Å². The molecule has 0 aliphatic carbocycles. The highest BCUT2D eigenvalue weighted by Gasteiger charge is 2.24. The van der Waals surface area contributed by atoms with Gasteiger partial charge in [-0.2, -0.15) is 0 Å². The van der Waals surface area contributed by atoms with Gasteiger partial charge in [0.2, 0.25) is 11.7 Å². The number of benzene rings is 1. The van der Waals surface area contributed by atoms with Gasteiger partial charge in [-0.3, -0.25) is 4.79 Å². The summed E-state index contributed by atoms with van der Waals surface area (Å²) in [5, 5.41) is 3.23. The highest BCUT2D eigenvalue weighted by Crippen LogP contribution is 2.22. The number of aromatic nitrogens is 1. The van der Waals surface area contributed by atoms with Crippen molar-refractivity contribution < 1.29 is 9.21 Å². The Labute approximate surface area is 129 Å². The number of halogens is 1. The Morgan fingerprint density at radius 3 is 2.57 bits per heavy atom. The molecule has 1 aliphatic rings. The lowest BCUT2D eigenvalue weighted by Gasteiger charge is -2.26. The van der Waals surface area contributed by atoms with Crippen LogP contribution in [0, 0.1) is 6.92 Å². The van der Waals surface area contributed by atoms with Crippen LogP contribution in [-0.4, -0.2) is 42.0 Å². The van der Waals surface area contributed by atoms with Gasteiger partial charge in [-0.15, -0.1) is 12.4 Å². The molecule has 1 aromatic heterocycles. The van der Waals surface area contributed by atoms with E-state index in [-0.39, 0.29) is 18.3 Å². The summed E-state index contributed by atoms with van der Waals surface area (Å²) in [4.78, 5) is 18.6. The largest absolute Gasteiger partial charge is 0.431 e. The number of piperazine rings is 1. The van der Waals surface area contributed by atoms with Crippen LogP contribution in [0.2, 0.25) is 0 Å². The average Bonchev–Trinajstić information content (AvgIpc) is 2.90. The summed E-state index contributed by atoms with van der Waals surface area (Å²) >= 11 is 0. The van der Waals surface area contributed by atoms with Gasteiger partial charge in [-0.25, -0.2) is 4.98 Å². The Hall–Kier alpha value is -1.85. The number of hydrogen-bond donors (Lipinski definition) is 1. The maximum absolute atomic E-state index is 12.4. The molecule has 6 heteroatoms. The van der Waals surface area contributed by atoms with Crippen LogP contribution < -0.4 is 5.32 Å². The number of rotatable bonds is 2. The normalized spacial score (nSPS) is 14.6. The van der Waals surface area contributed by atoms with Crippen molar-refractivity contribution in [3.05, 3.63) is 41.8 Å². The standard InChI is InChI=1S/C15H17N3O2.ClH/c1-11-13(15(19)18-9-7-16-8-10-18)20-14(17-11)12-5-3-2-4-6-12;/h2-6,16H,7-10H2,1H3;1H. The minimum Gasteiger partial charge on any atom is -0.431 e. The predicted octanol–water partition coefficient (Wildman–Crippen LogP) is 2.12. The zero-order valence-corrected chi connectivity index (χ0v) is 12.7. The van der Waals surface area contributed by atoms with Gasteiger partial charge in [-0.1, -0.05) is 18.2 Å². The van der Waals surface area contributed by atoms with Crippen molar-refractivity contribution in [1.29, 1.82) is 0 Å². The molecule has 0 bridgehead atoms. The number of carbonyl (C=O) groups excluding carboxylic acids is 1. The minimum atomic E-state index is -0.0707. The van der Waals surface area contributed by atoms with Crippen molar-refractivity contribution in [3.8, 4) is 11.5 Å². The van der Waals surface area contributed by atoms with Crippen LogP contribution in [-0.2, 0) is 0 Å². The molecule has 0 radical (unpaired) electrons. The van der Waals surface area contributed by atoms with E-state index < -0.39 is 0 Å². The highest BCUT2D eigenvalue weighted by atomic mass is 35.5. The van der Waals surface area contributed by atoms with Gasteiger partial charge in [0.25, 0.3) is 5.91 Å². The van der Waals surface area contributed by atoms with E-state index in [9.17, 15) is 4.79 Å². The quantitative estimate of drug-likeness (QED) is 0.923. The van der Waals surface area contributed by atoms with Crippen molar-refractivity contribution >= 4 is 18.3 Å². The van der Waals surface area contributed by atoms with Crippen molar-refractivity contribution in [2.45, 2.75) is 6.92 Å². The first kappa shape index (κ1) is 15.5. The van der Waals surface area contributed by atoms with Crippen molar-refractivity contribution in [1.82, 2.24) is 15.2 Å². The number of nitrogens with one attached hydrogen (secondary N) is 1. The summed E-state index contributed by atoms with van der Waals surface area (Å²) in [5.41, 5.74) is 1.53. The number of aryl methyl sites for hydroxylation is 1. The molecule has 112 valence electrons. The fourth-order valence-corrected chi connectivity index (χ4v) is 2.31. The molecule has 1 aromatic carbocycles. The molecule has 0 atom stereocenters. The van der Waals surface area contributed by atoms with E-state index in [0.717, 1.165) is 18.7 Å². The lowest BCUT2D eigenvalue weighted by molar-refractivity contribution is 0.0703. The topological polar surface area (TPSA) is 58.4 Å². The molecule has 2 aromatic rings. The Balaban J connectivity index is 0.00000161. The van der Waals surface area contributed by atoms with E-state index >= 15 is 0 Å². The third-order valence-electron chi connectivity index (χ3n) is 3.42. The Morgan fingerprint density at radius 2 is 1.90 bits per heavy atom. The predicted molar refractivity (Wildman–Crippen MR) is 82.7 cm³/mol. The van der Waals surface area contributed by atoms with E-state index in [1.807, 2.05) is 37.3 Å². The molecule has 1 N–H and O–H groups in total. The first-order chi connectivity index (χ1) is 9.75. The lowest BCUT2D eigenvalue weighted by Crippen LogP contribution is -2.46. The van der Waals surface area contributed by atoms with Crippen LogP contribution in [0.25, 0.3) is 11.5 Å². The van der Waals surface area contributed by atoms with Gasteiger partial charge >= 0.3 is 0 Å². The third kappa shape index (κ3) is 3.25. The summed E-state index contributed by atoms with van der Waals surface area (Å²) in [5.74, 6) is 0.783. The molecule has 1 amide bonds. The van der Waals surface area contributed by atoms with Gasteiger partial charge in [0, 0.05) is 31.7 Å². The van der Waals surface area contributed by atoms with Crippen LogP contribution >= 0.6 is 12.4 Å². The number of hydrogen-bond acceptors (Lipinski definition) is 4. The molecule has 0 saturated carbocycles. The lowest BCUT2D eigenvalue weighted by atomic mass is 10.2. The summed E-state index contributed by atoms with van der Waals surface area (Å²) in [6, 6.07) is 9.63. The van der Waals surface area contributed by atoms with E-state index in [2.05, 4.69) is 10.3 Å². The van der Waals surface area contributed by atoms with Gasteiger partial charge in [-0.05, 0) is 19.1 Å². The SMILES string of the molecule is Cc1nc(-c2ccccc2)oc1C(=O)N1CCNCC1.Cl. The second-order valence-corrected chi connectivity index (χ2v) is 4.84. The zero-order valence-electron chi connectivity index (χ0n) is 11.8. The van der Waals surface area contributed by atoms with Crippen LogP contribution in [0.15, 0.2) is 34.7 Å². The molecular weight excluding hydrogens is 290 g/mol. The van der Waals surface area contributed by atoms with E-state index in [1.54, 1.807) is 4.90 Å². The Kier molecular flexibility index (Phi) is 4.98. The average molecular weight is 308 g/mol. The fraction of sp³-hybridized carbons (Fsp3) is 0.333. The van der Waals surface area contributed by atoms with E-state index in [4.69, 9.17) is 4.42 Å². The molecule has 21 heavy (non-hydrogen) atoms. The second kappa shape index (κ2) is 6.74. The molecule has 0 unspecified atom stereocenters. The molecule has 1 saturated heterocycles. The molecule has 3 rings (SSSR count). The number of oxazole rings is 1. The third-order valence-corrected chi connectivity index (χ3v) is 3.42. The monoisotopic (exact) mass is 307 g/mol. The summed E-state index contributed by atoms with van der Waals surface area (Å²) in [7, 11) is 0. The number of nitrogens with zero attached hydrogens (tertiary/aromatic N) is 2. The van der Waals surface area contributed by atoms with Crippen LogP contribution in [0.1, 0.15) is 16.2 Å². The Morgan fingerprint density at radius 1 is 1.24 bits per heavy atom. The second-order valence-electron chi connectivity index (χ2n) is 4.84. The fourth-order valence-electron chi connectivity index (χ4n) is 2.31. The first-order valence-corrected chi connectivity index (χ1v) is 6.78. The minimum absolute atomic E-state index is 0. The van der Waals surface area contributed by atoms with Crippen molar-refractivity contribution in [2.24, 2.45) is 0 Å². The van der Waals surface area contributed by atoms with Crippen LogP contribution in [0.3, 0.4) is 0 Å². The van der Waals surface area contributed by atoms with Gasteiger partial charge in [0.05, 0.1) is 5.69 Å². The molecular formula is C15H18ClN3O2. The molecule has 2 heterocycles. The summed E-state index contributed by atoms with van der Waals surface area (Å²) < 4.78 is 5.69. The smallest absolute Gasteiger partial charge is 0.291 e. The highest BCUT2D eigenvalue weighted by molar-refractivity contribution is 5.93. The summed E-state index contributed by atoms with van der Waals surface area (Å²) in [6.07, 6.45) is 0. The zero-order chi connectivity index (χ0) is 13.9. The molecule has 1 fully saturated rings. The molecule has 5 nitrogen and oxygen atoms in total. The maximum Gasteiger partial charge on any atom is 0.291 e. The van der Waals surface area contributed by atoms with Crippen LogP contribution in [0.4, 0.5) is 0 Å². The molecule has 0 spiro atoms. The Bertz CT molecular complexity index is 607.